The molecule has 2 saturated heterocycles. The van der Waals surface area contributed by atoms with Crippen molar-refractivity contribution in [3.8, 4) is 0 Å². The minimum atomic E-state index is -3.96. The molecule has 7 nitrogen and oxygen atoms in total. The molecular formula is C29H30Cl2N4O3S. The van der Waals surface area contributed by atoms with Crippen LogP contribution in [-0.2, 0) is 16.4 Å². The van der Waals surface area contributed by atoms with Gasteiger partial charge in [0.2, 0.25) is 10.0 Å². The van der Waals surface area contributed by atoms with Crippen molar-refractivity contribution >= 4 is 44.8 Å². The monoisotopic (exact) mass is 584 g/mol. The molecule has 0 saturated carbocycles. The van der Waals surface area contributed by atoms with Crippen molar-refractivity contribution < 1.29 is 13.2 Å². The van der Waals surface area contributed by atoms with Crippen LogP contribution in [0, 0.1) is 5.41 Å². The van der Waals surface area contributed by atoms with Gasteiger partial charge in [0, 0.05) is 55.9 Å². The first-order valence-corrected chi connectivity index (χ1v) is 15.5. The molecule has 3 aromatic rings. The van der Waals surface area contributed by atoms with Gasteiger partial charge >= 0.3 is 0 Å². The fourth-order valence-corrected chi connectivity index (χ4v) is 8.73. The van der Waals surface area contributed by atoms with Crippen LogP contribution >= 0.6 is 23.2 Å². The summed E-state index contributed by atoms with van der Waals surface area (Å²) in [6.07, 6.45) is 8.11. The summed E-state index contributed by atoms with van der Waals surface area (Å²) in [5, 5.41) is 0.151. The molecule has 39 heavy (non-hydrogen) atoms. The van der Waals surface area contributed by atoms with Crippen molar-refractivity contribution in [2.24, 2.45) is 5.41 Å². The number of nitrogens with one attached hydrogen (secondary N) is 1. The van der Waals surface area contributed by atoms with E-state index in [4.69, 9.17) is 23.2 Å². The first kappa shape index (κ1) is 26.6. The number of halogens is 2. The molecule has 10 heteroatoms. The smallest absolute Gasteiger partial charge is 0.253 e. The lowest BCUT2D eigenvalue weighted by atomic mass is 9.77. The number of benzene rings is 2. The Hall–Kier alpha value is -2.65. The van der Waals surface area contributed by atoms with E-state index < -0.39 is 16.1 Å². The molecule has 2 aromatic carbocycles. The maximum atomic E-state index is 13.6. The Kier molecular flexibility index (Phi) is 7.08. The molecule has 1 aliphatic carbocycles. The van der Waals surface area contributed by atoms with Crippen molar-refractivity contribution in [3.05, 3.63) is 87.7 Å². The van der Waals surface area contributed by atoms with Gasteiger partial charge in [0.15, 0.2) is 0 Å². The number of aryl methyl sites for hydroxylation is 1. The predicted octanol–water partition coefficient (Wildman–Crippen LogP) is 5.49. The molecule has 3 aliphatic rings. The van der Waals surface area contributed by atoms with E-state index in [-0.39, 0.29) is 26.3 Å². The summed E-state index contributed by atoms with van der Waals surface area (Å²) < 4.78 is 29.2. The van der Waals surface area contributed by atoms with Crippen LogP contribution in [0.3, 0.4) is 0 Å². The van der Waals surface area contributed by atoms with Crippen LogP contribution in [0.25, 0.3) is 0 Å². The maximum Gasteiger partial charge on any atom is 0.253 e. The molecule has 1 atom stereocenters. The van der Waals surface area contributed by atoms with Crippen molar-refractivity contribution in [1.29, 1.82) is 0 Å². The Bertz CT molecular complexity index is 1490. The summed E-state index contributed by atoms with van der Waals surface area (Å²) in [5.74, 6) is 0.00823. The molecule has 2 fully saturated rings. The van der Waals surface area contributed by atoms with Crippen LogP contribution in [0.1, 0.15) is 53.2 Å². The highest BCUT2D eigenvalue weighted by Gasteiger charge is 2.42. The molecule has 3 heterocycles. The van der Waals surface area contributed by atoms with E-state index in [0.717, 1.165) is 63.0 Å². The summed E-state index contributed by atoms with van der Waals surface area (Å²) >= 11 is 12.4. The average molecular weight is 586 g/mol. The highest BCUT2D eigenvalue weighted by Crippen LogP contribution is 2.42. The van der Waals surface area contributed by atoms with Gasteiger partial charge in [-0.25, -0.2) is 13.1 Å². The summed E-state index contributed by atoms with van der Waals surface area (Å²) in [7, 11) is -3.96. The average Bonchev–Trinajstić information content (AvgIpc) is 3.52. The van der Waals surface area contributed by atoms with E-state index in [2.05, 4.69) is 14.6 Å². The number of fused-ring (bicyclic) bond motifs is 1. The Morgan fingerprint density at radius 3 is 2.38 bits per heavy atom. The summed E-state index contributed by atoms with van der Waals surface area (Å²) in [6.45, 7) is 3.45. The Morgan fingerprint density at radius 2 is 1.67 bits per heavy atom. The third-order valence-electron chi connectivity index (χ3n) is 8.53. The minimum Gasteiger partial charge on any atom is -0.371 e. The van der Waals surface area contributed by atoms with Gasteiger partial charge in [-0.2, -0.15) is 0 Å². The number of anilines is 1. The molecule has 204 valence electrons. The summed E-state index contributed by atoms with van der Waals surface area (Å²) in [4.78, 5) is 22.0. The predicted molar refractivity (Wildman–Crippen MR) is 153 cm³/mol. The molecule has 0 radical (unpaired) electrons. The quantitative estimate of drug-likeness (QED) is 0.429. The number of carbonyl (C=O) groups excluding carboxylic acids is 1. The molecular weight excluding hydrogens is 555 g/mol. The van der Waals surface area contributed by atoms with Gasteiger partial charge in [0.25, 0.3) is 5.91 Å². The van der Waals surface area contributed by atoms with E-state index >= 15 is 0 Å². The van der Waals surface area contributed by atoms with Gasteiger partial charge in [0.05, 0.1) is 10.0 Å². The van der Waals surface area contributed by atoms with Crippen LogP contribution in [0.2, 0.25) is 10.0 Å². The number of hydrogen-bond donors (Lipinski definition) is 1. The van der Waals surface area contributed by atoms with E-state index in [1.807, 2.05) is 47.6 Å². The van der Waals surface area contributed by atoms with Crippen molar-refractivity contribution in [3.63, 3.8) is 0 Å². The van der Waals surface area contributed by atoms with Gasteiger partial charge in [-0.3, -0.25) is 9.78 Å². The fraction of sp³-hybridized carbons (Fsp3) is 0.379. The van der Waals surface area contributed by atoms with Crippen molar-refractivity contribution in [2.75, 3.05) is 31.1 Å². The number of rotatable bonds is 5. The number of nitrogens with zero attached hydrogens (tertiary/aromatic N) is 3. The number of amides is 1. The van der Waals surface area contributed by atoms with Crippen LogP contribution in [-0.4, -0.2) is 50.4 Å². The van der Waals surface area contributed by atoms with Crippen LogP contribution in [0.15, 0.2) is 65.8 Å². The van der Waals surface area contributed by atoms with Crippen LogP contribution < -0.4 is 9.62 Å². The van der Waals surface area contributed by atoms with Gasteiger partial charge < -0.3 is 9.80 Å². The second-order valence-corrected chi connectivity index (χ2v) is 13.3. The minimum absolute atomic E-state index is 0.00823. The van der Waals surface area contributed by atoms with Crippen molar-refractivity contribution in [2.45, 2.75) is 43.0 Å². The molecule has 6 rings (SSSR count). The first-order valence-electron chi connectivity index (χ1n) is 13.3. The number of carbonyl (C=O) groups is 1. The second kappa shape index (κ2) is 10.4. The molecule has 1 amide bonds. The standard InChI is InChI=1S/C29H30Cl2N4O3S/c30-24-2-1-3-25(31)27(24)39(37,38)33-26-7-6-20-4-5-21(18-23(20)26)28(36)35-17-12-29(19-35)10-15-34(16-11-29)22-8-13-32-14-9-22/h1-5,8-9,13-14,18,26,33H,6-7,10-12,15-17,19H2/t26-/m1/s1. The van der Waals surface area contributed by atoms with Gasteiger partial charge in [-0.15, -0.1) is 0 Å². The number of sulfonamides is 1. The third-order valence-corrected chi connectivity index (χ3v) is 11.0. The number of pyridine rings is 1. The molecule has 2 aliphatic heterocycles. The second-order valence-electron chi connectivity index (χ2n) is 10.8. The lowest BCUT2D eigenvalue weighted by Crippen LogP contribution is -2.42. The number of aromatic nitrogens is 1. The van der Waals surface area contributed by atoms with Gasteiger partial charge in [-0.05, 0) is 85.0 Å². The first-order chi connectivity index (χ1) is 18.7. The van der Waals surface area contributed by atoms with E-state index in [0.29, 0.717) is 12.0 Å². The highest BCUT2D eigenvalue weighted by atomic mass is 35.5. The normalized spacial score (nSPS) is 20.4. The van der Waals surface area contributed by atoms with E-state index in [1.165, 1.54) is 17.8 Å². The SMILES string of the molecule is O=C(c1ccc2c(c1)[C@H](NS(=O)(=O)c1c(Cl)cccc1Cl)CC2)N1CCC2(CCN(c3ccncc3)CC2)C1. The fourth-order valence-electron chi connectivity index (χ4n) is 6.34. The topological polar surface area (TPSA) is 82.6 Å². The Balaban J connectivity index is 1.15. The third kappa shape index (κ3) is 5.15. The van der Waals surface area contributed by atoms with Gasteiger partial charge in [0.1, 0.15) is 4.90 Å². The lowest BCUT2D eigenvalue weighted by molar-refractivity contribution is 0.0764. The Labute approximate surface area is 239 Å². The number of piperidine rings is 1. The number of likely N-dealkylation sites (tertiary alicyclic amines) is 1. The summed E-state index contributed by atoms with van der Waals surface area (Å²) in [6, 6.07) is 14.0. The molecule has 1 N–H and O–H groups in total. The molecule has 1 spiro atoms. The number of hydrogen-bond acceptors (Lipinski definition) is 5. The van der Waals surface area contributed by atoms with Gasteiger partial charge in [-0.1, -0.05) is 35.3 Å². The zero-order valence-corrected chi connectivity index (χ0v) is 23.8. The Morgan fingerprint density at radius 1 is 0.974 bits per heavy atom. The lowest BCUT2D eigenvalue weighted by Gasteiger charge is -2.40. The largest absolute Gasteiger partial charge is 0.371 e. The van der Waals surface area contributed by atoms with E-state index in [1.54, 1.807) is 6.07 Å². The zero-order valence-electron chi connectivity index (χ0n) is 21.4. The molecule has 0 bridgehead atoms. The van der Waals surface area contributed by atoms with Crippen LogP contribution in [0.4, 0.5) is 5.69 Å². The molecule has 0 unspecified atom stereocenters. The van der Waals surface area contributed by atoms with E-state index in [9.17, 15) is 13.2 Å². The zero-order chi connectivity index (χ0) is 27.2. The highest BCUT2D eigenvalue weighted by molar-refractivity contribution is 7.89. The summed E-state index contributed by atoms with van der Waals surface area (Å²) in [5.41, 5.74) is 3.84. The maximum absolute atomic E-state index is 13.6. The van der Waals surface area contributed by atoms with Crippen molar-refractivity contribution in [1.82, 2.24) is 14.6 Å². The molecule has 1 aromatic heterocycles. The van der Waals surface area contributed by atoms with Crippen LogP contribution in [0.5, 0.6) is 0 Å².